The van der Waals surface area contributed by atoms with E-state index < -0.39 is 12.5 Å². The van der Waals surface area contributed by atoms with Gasteiger partial charge in [-0.25, -0.2) is 0 Å². The van der Waals surface area contributed by atoms with Crippen LogP contribution in [0.5, 0.6) is 0 Å². The smallest absolute Gasteiger partial charge is 0.309 e. The van der Waals surface area contributed by atoms with Crippen molar-refractivity contribution in [2.45, 2.75) is 12.8 Å². The van der Waals surface area contributed by atoms with E-state index in [0.29, 0.717) is 11.3 Å². The summed E-state index contributed by atoms with van der Waals surface area (Å²) in [6.45, 7) is -0.414. The summed E-state index contributed by atoms with van der Waals surface area (Å²) in [4.78, 5) is 23.9. The van der Waals surface area contributed by atoms with Crippen molar-refractivity contribution in [3.63, 3.8) is 0 Å². The van der Waals surface area contributed by atoms with Gasteiger partial charge in [-0.1, -0.05) is 60.7 Å². The van der Waals surface area contributed by atoms with Crippen molar-refractivity contribution >= 4 is 17.8 Å². The lowest BCUT2D eigenvalue weighted by Crippen LogP contribution is -2.21. The molecule has 6 heteroatoms. The molecule has 0 saturated heterocycles. The summed E-state index contributed by atoms with van der Waals surface area (Å²) < 4.78 is 10.9. The van der Waals surface area contributed by atoms with E-state index in [4.69, 9.17) is 9.15 Å². The maximum atomic E-state index is 12.3. The molecule has 6 nitrogen and oxygen atoms in total. The first-order valence-corrected chi connectivity index (χ1v) is 9.31. The van der Waals surface area contributed by atoms with E-state index in [1.807, 2.05) is 60.7 Å². The minimum absolute atomic E-state index is 0.0395. The Morgan fingerprint density at radius 2 is 1.66 bits per heavy atom. The average molecular weight is 386 g/mol. The average Bonchev–Trinajstić information content (AvgIpc) is 3.55. The molecule has 1 N–H and O–H groups in total. The summed E-state index contributed by atoms with van der Waals surface area (Å²) in [5, 5.41) is 12.4. The molecule has 0 bridgehead atoms. The molecule has 1 heterocycles. The summed E-state index contributed by atoms with van der Waals surface area (Å²) in [6.07, 6.45) is 1.61. The van der Waals surface area contributed by atoms with E-state index in [2.05, 4.69) is 11.4 Å². The van der Waals surface area contributed by atoms with Crippen LogP contribution in [0, 0.1) is 17.2 Å². The zero-order valence-electron chi connectivity index (χ0n) is 15.6. The molecule has 4 rings (SSSR count). The fourth-order valence-electron chi connectivity index (χ4n) is 3.04. The van der Waals surface area contributed by atoms with E-state index in [9.17, 15) is 14.9 Å². The molecule has 3 aromatic rings. The number of carbonyl (C=O) groups is 2. The molecule has 2 aromatic carbocycles. The molecule has 1 saturated carbocycles. The van der Waals surface area contributed by atoms with Gasteiger partial charge >= 0.3 is 5.97 Å². The van der Waals surface area contributed by atoms with Gasteiger partial charge in [-0.2, -0.15) is 5.26 Å². The first-order chi connectivity index (χ1) is 14.2. The van der Waals surface area contributed by atoms with Crippen molar-refractivity contribution in [3.8, 4) is 28.5 Å². The molecule has 0 radical (unpaired) electrons. The van der Waals surface area contributed by atoms with Crippen LogP contribution in [0.2, 0.25) is 0 Å². The van der Waals surface area contributed by atoms with Crippen LogP contribution in [0.4, 0.5) is 5.88 Å². The van der Waals surface area contributed by atoms with Crippen molar-refractivity contribution in [3.05, 3.63) is 66.2 Å². The first-order valence-electron chi connectivity index (χ1n) is 9.31. The molecule has 1 amide bonds. The lowest BCUT2D eigenvalue weighted by Gasteiger charge is -2.04. The second-order valence-electron chi connectivity index (χ2n) is 6.78. The number of esters is 1. The Hall–Kier alpha value is -3.85. The van der Waals surface area contributed by atoms with Crippen LogP contribution < -0.4 is 5.32 Å². The molecule has 29 heavy (non-hydrogen) atoms. The minimum Gasteiger partial charge on any atom is -0.455 e. The number of ether oxygens (including phenoxy) is 1. The number of nitrogens with zero attached hydrogens (tertiary/aromatic N) is 1. The quantitative estimate of drug-likeness (QED) is 0.635. The number of rotatable bonds is 6. The number of hydrogen-bond donors (Lipinski definition) is 1. The van der Waals surface area contributed by atoms with E-state index in [-0.39, 0.29) is 23.3 Å². The maximum absolute atomic E-state index is 12.3. The number of hydrogen-bond acceptors (Lipinski definition) is 5. The third kappa shape index (κ3) is 4.04. The Labute approximate surface area is 167 Å². The van der Waals surface area contributed by atoms with Gasteiger partial charge in [-0.3, -0.25) is 14.9 Å². The Morgan fingerprint density at radius 1 is 1.03 bits per heavy atom. The van der Waals surface area contributed by atoms with Crippen LogP contribution in [-0.2, 0) is 14.3 Å². The van der Waals surface area contributed by atoms with Crippen molar-refractivity contribution in [1.29, 1.82) is 5.26 Å². The molecule has 0 unspecified atom stereocenters. The second kappa shape index (κ2) is 8.03. The van der Waals surface area contributed by atoms with E-state index >= 15 is 0 Å². The molecule has 144 valence electrons. The number of benzene rings is 2. The summed E-state index contributed by atoms with van der Waals surface area (Å²) >= 11 is 0. The van der Waals surface area contributed by atoms with Crippen molar-refractivity contribution in [1.82, 2.24) is 0 Å². The van der Waals surface area contributed by atoms with Crippen molar-refractivity contribution in [2.75, 3.05) is 11.9 Å². The Balaban J connectivity index is 1.67. The van der Waals surface area contributed by atoms with E-state index in [1.165, 1.54) is 0 Å². The molecule has 0 aliphatic heterocycles. The third-order valence-electron chi connectivity index (χ3n) is 4.63. The predicted octanol–water partition coefficient (Wildman–Crippen LogP) is 4.38. The zero-order chi connectivity index (χ0) is 20.2. The van der Waals surface area contributed by atoms with Crippen LogP contribution in [0.3, 0.4) is 0 Å². The summed E-state index contributed by atoms with van der Waals surface area (Å²) in [6, 6.07) is 20.9. The van der Waals surface area contributed by atoms with Crippen molar-refractivity contribution in [2.24, 2.45) is 5.92 Å². The number of anilines is 1. The lowest BCUT2D eigenvalue weighted by atomic mass is 9.98. The van der Waals surface area contributed by atoms with Crippen LogP contribution >= 0.6 is 0 Å². The molecule has 1 aliphatic carbocycles. The highest BCUT2D eigenvalue weighted by molar-refractivity contribution is 5.96. The maximum Gasteiger partial charge on any atom is 0.309 e. The lowest BCUT2D eigenvalue weighted by molar-refractivity contribution is -0.148. The second-order valence-corrected chi connectivity index (χ2v) is 6.78. The van der Waals surface area contributed by atoms with Gasteiger partial charge < -0.3 is 9.15 Å². The van der Waals surface area contributed by atoms with Crippen LogP contribution in [0.15, 0.2) is 65.1 Å². The number of carbonyl (C=O) groups excluding carboxylic acids is 2. The van der Waals surface area contributed by atoms with E-state index in [0.717, 1.165) is 24.0 Å². The number of furan rings is 1. The van der Waals surface area contributed by atoms with Gasteiger partial charge in [-0.05, 0) is 18.4 Å². The number of nitrogens with one attached hydrogen (secondary N) is 1. The minimum atomic E-state index is -0.552. The van der Waals surface area contributed by atoms with Gasteiger partial charge in [0.05, 0.1) is 5.92 Å². The Kier molecular flexibility index (Phi) is 5.12. The predicted molar refractivity (Wildman–Crippen MR) is 107 cm³/mol. The van der Waals surface area contributed by atoms with Gasteiger partial charge in [0.1, 0.15) is 17.4 Å². The largest absolute Gasteiger partial charge is 0.455 e. The Bertz CT molecular complexity index is 1080. The zero-order valence-corrected chi connectivity index (χ0v) is 15.6. The highest BCUT2D eigenvalue weighted by Gasteiger charge is 2.32. The van der Waals surface area contributed by atoms with Gasteiger partial charge in [0, 0.05) is 11.1 Å². The molecule has 0 spiro atoms. The standard InChI is InChI=1S/C23H18N2O4/c24-13-18-20(15-7-3-1-4-8-15)21(16-9-5-2-6-10-16)29-22(18)25-19(26)14-28-23(27)17-11-12-17/h1-10,17H,11-12,14H2,(H,25,26). The monoisotopic (exact) mass is 386 g/mol. The SMILES string of the molecule is N#Cc1c(NC(=O)COC(=O)C2CC2)oc(-c2ccccc2)c1-c1ccccc1. The molecule has 0 atom stereocenters. The van der Waals surface area contributed by atoms with Crippen LogP contribution in [-0.4, -0.2) is 18.5 Å². The summed E-state index contributed by atoms with van der Waals surface area (Å²) in [7, 11) is 0. The van der Waals surface area contributed by atoms with Gasteiger partial charge in [0.2, 0.25) is 5.88 Å². The summed E-state index contributed by atoms with van der Waals surface area (Å²) in [5.41, 5.74) is 2.40. The van der Waals surface area contributed by atoms with Gasteiger partial charge in [0.15, 0.2) is 6.61 Å². The number of amides is 1. The van der Waals surface area contributed by atoms with Crippen LogP contribution in [0.1, 0.15) is 18.4 Å². The van der Waals surface area contributed by atoms with Gasteiger partial charge in [0.25, 0.3) is 5.91 Å². The first kappa shape index (κ1) is 18.5. The molecule has 1 fully saturated rings. The fraction of sp³-hybridized carbons (Fsp3) is 0.174. The molecule has 1 aromatic heterocycles. The normalized spacial score (nSPS) is 12.8. The van der Waals surface area contributed by atoms with Gasteiger partial charge in [-0.15, -0.1) is 0 Å². The van der Waals surface area contributed by atoms with Crippen LogP contribution in [0.25, 0.3) is 22.5 Å². The Morgan fingerprint density at radius 3 is 2.24 bits per heavy atom. The van der Waals surface area contributed by atoms with Crippen molar-refractivity contribution < 1.29 is 18.7 Å². The highest BCUT2D eigenvalue weighted by atomic mass is 16.5. The number of nitriles is 1. The molecular formula is C23H18N2O4. The third-order valence-corrected chi connectivity index (χ3v) is 4.63. The van der Waals surface area contributed by atoms with E-state index in [1.54, 1.807) is 0 Å². The molecule has 1 aliphatic rings. The molecular weight excluding hydrogens is 368 g/mol. The summed E-state index contributed by atoms with van der Waals surface area (Å²) in [5.74, 6) is -0.481. The topological polar surface area (TPSA) is 92.3 Å². The fourth-order valence-corrected chi connectivity index (χ4v) is 3.04. The highest BCUT2D eigenvalue weighted by Crippen LogP contribution is 2.41.